The lowest BCUT2D eigenvalue weighted by Crippen LogP contribution is -2.05. The molecule has 0 N–H and O–H groups in total. The van der Waals surface area contributed by atoms with Crippen LogP contribution >= 0.6 is 0 Å². The minimum Gasteiger partial charge on any atom is -0.497 e. The van der Waals surface area contributed by atoms with Crippen LogP contribution < -0.4 is 4.74 Å². The molecule has 2 aromatic rings. The van der Waals surface area contributed by atoms with Gasteiger partial charge in [-0.2, -0.15) is 0 Å². The third-order valence-corrected chi connectivity index (χ3v) is 3.16. The lowest BCUT2D eigenvalue weighted by molar-refractivity contribution is 0.0902. The summed E-state index contributed by atoms with van der Waals surface area (Å²) in [4.78, 5) is 11.8. The Bertz CT molecular complexity index is 570. The zero-order valence-electron chi connectivity index (χ0n) is 12.1. The zero-order valence-corrected chi connectivity index (χ0v) is 12.1. The fourth-order valence-corrected chi connectivity index (χ4v) is 1.89. The highest BCUT2D eigenvalue weighted by Gasteiger charge is 2.16. The van der Waals surface area contributed by atoms with E-state index in [1.807, 2.05) is 38.1 Å². The Morgan fingerprint density at radius 1 is 1.25 bits per heavy atom. The summed E-state index contributed by atoms with van der Waals surface area (Å²) in [5.74, 6) is 1.12. The van der Waals surface area contributed by atoms with E-state index in [0.717, 1.165) is 24.3 Å². The number of aryl methyl sites for hydroxylation is 2. The first kappa shape index (κ1) is 14.3. The molecule has 0 saturated carbocycles. The minimum absolute atomic E-state index is 0.00630. The molecule has 0 radical (unpaired) electrons. The van der Waals surface area contributed by atoms with Gasteiger partial charge in [0.2, 0.25) is 11.5 Å². The van der Waals surface area contributed by atoms with Crippen molar-refractivity contribution in [1.29, 1.82) is 0 Å². The molecule has 20 heavy (non-hydrogen) atoms. The molecular formula is C16H19NO3. The van der Waals surface area contributed by atoms with Crippen molar-refractivity contribution in [3.8, 4) is 5.75 Å². The second kappa shape index (κ2) is 6.37. The Morgan fingerprint density at radius 3 is 2.55 bits per heavy atom. The van der Waals surface area contributed by atoms with Crippen molar-refractivity contribution >= 4 is 5.78 Å². The highest BCUT2D eigenvalue weighted by Crippen LogP contribution is 2.15. The van der Waals surface area contributed by atoms with E-state index in [1.54, 1.807) is 13.2 Å². The number of carbonyl (C=O) groups excluding carboxylic acids is 1. The van der Waals surface area contributed by atoms with Crippen LogP contribution in [0.25, 0.3) is 0 Å². The van der Waals surface area contributed by atoms with Crippen LogP contribution in [-0.2, 0) is 12.8 Å². The Morgan fingerprint density at radius 2 is 1.95 bits per heavy atom. The van der Waals surface area contributed by atoms with Gasteiger partial charge in [-0.25, -0.2) is 0 Å². The number of nitrogens with zero attached hydrogens (tertiary/aromatic N) is 1. The van der Waals surface area contributed by atoms with Crippen molar-refractivity contribution in [3.63, 3.8) is 0 Å². The zero-order chi connectivity index (χ0) is 14.5. The molecule has 0 atom stereocenters. The molecule has 0 aliphatic carbocycles. The number of rotatable bonds is 6. The van der Waals surface area contributed by atoms with Crippen molar-refractivity contribution in [2.45, 2.75) is 26.7 Å². The molecule has 0 spiro atoms. The summed E-state index contributed by atoms with van der Waals surface area (Å²) in [5, 5.41) is 3.95. The van der Waals surface area contributed by atoms with Gasteiger partial charge < -0.3 is 9.26 Å². The molecular weight excluding hydrogens is 254 g/mol. The SMILES string of the molecule is COc1ccc(CCc2cc(C(=O)C(C)C)on2)cc1. The largest absolute Gasteiger partial charge is 0.497 e. The van der Waals surface area contributed by atoms with E-state index in [2.05, 4.69) is 5.16 Å². The first-order valence-corrected chi connectivity index (χ1v) is 6.73. The highest BCUT2D eigenvalue weighted by molar-refractivity contribution is 5.94. The number of methoxy groups -OCH3 is 1. The van der Waals surface area contributed by atoms with Crippen LogP contribution in [0.5, 0.6) is 5.75 Å². The molecule has 1 aromatic carbocycles. The van der Waals surface area contributed by atoms with Crippen LogP contribution in [0.4, 0.5) is 0 Å². The summed E-state index contributed by atoms with van der Waals surface area (Å²) in [6.07, 6.45) is 1.60. The molecule has 0 aliphatic rings. The van der Waals surface area contributed by atoms with Crippen molar-refractivity contribution in [2.24, 2.45) is 5.92 Å². The quantitative estimate of drug-likeness (QED) is 0.758. The van der Waals surface area contributed by atoms with Gasteiger partial charge in [0.05, 0.1) is 12.8 Å². The van der Waals surface area contributed by atoms with Crippen molar-refractivity contribution < 1.29 is 14.1 Å². The van der Waals surface area contributed by atoms with Crippen LogP contribution in [0.3, 0.4) is 0 Å². The van der Waals surface area contributed by atoms with E-state index < -0.39 is 0 Å². The summed E-state index contributed by atoms with van der Waals surface area (Å²) >= 11 is 0. The Hall–Kier alpha value is -2.10. The third kappa shape index (κ3) is 3.47. The summed E-state index contributed by atoms with van der Waals surface area (Å²) in [6, 6.07) is 9.67. The summed E-state index contributed by atoms with van der Waals surface area (Å²) in [7, 11) is 1.65. The van der Waals surface area contributed by atoms with Gasteiger partial charge in [-0.1, -0.05) is 31.1 Å². The third-order valence-electron chi connectivity index (χ3n) is 3.16. The highest BCUT2D eigenvalue weighted by atomic mass is 16.5. The normalized spacial score (nSPS) is 10.8. The number of hydrogen-bond acceptors (Lipinski definition) is 4. The maximum atomic E-state index is 11.8. The van der Waals surface area contributed by atoms with Crippen molar-refractivity contribution in [2.75, 3.05) is 7.11 Å². The Labute approximate surface area is 118 Å². The standard InChI is InChI=1S/C16H19NO3/c1-11(2)16(18)15-10-13(17-20-15)7-4-12-5-8-14(19-3)9-6-12/h5-6,8-11H,4,7H2,1-3H3. The number of Topliss-reactive ketones (excluding diaryl/α,β-unsaturated/α-hetero) is 1. The predicted octanol–water partition coefficient (Wildman–Crippen LogP) is 3.31. The van der Waals surface area contributed by atoms with Crippen LogP contribution in [0.15, 0.2) is 34.9 Å². The summed E-state index contributed by atoms with van der Waals surface area (Å²) < 4.78 is 10.2. The monoisotopic (exact) mass is 273 g/mol. The van der Waals surface area contributed by atoms with Gasteiger partial charge in [-0.05, 0) is 30.5 Å². The molecule has 0 fully saturated rings. The molecule has 1 heterocycles. The van der Waals surface area contributed by atoms with E-state index in [0.29, 0.717) is 5.76 Å². The maximum Gasteiger partial charge on any atom is 0.203 e. The number of hydrogen-bond donors (Lipinski definition) is 0. The van der Waals surface area contributed by atoms with Crippen LogP contribution in [0.1, 0.15) is 35.7 Å². The molecule has 0 unspecified atom stereocenters. The van der Waals surface area contributed by atoms with Crippen LogP contribution in [0, 0.1) is 5.92 Å². The lowest BCUT2D eigenvalue weighted by atomic mass is 10.1. The predicted molar refractivity (Wildman–Crippen MR) is 76.1 cm³/mol. The molecule has 4 nitrogen and oxygen atoms in total. The van der Waals surface area contributed by atoms with E-state index in [4.69, 9.17) is 9.26 Å². The van der Waals surface area contributed by atoms with Gasteiger partial charge in [0, 0.05) is 12.0 Å². The fourth-order valence-electron chi connectivity index (χ4n) is 1.89. The fraction of sp³-hybridized carbons (Fsp3) is 0.375. The van der Waals surface area contributed by atoms with Crippen molar-refractivity contribution in [3.05, 3.63) is 47.3 Å². The number of benzene rings is 1. The van der Waals surface area contributed by atoms with Gasteiger partial charge >= 0.3 is 0 Å². The maximum absolute atomic E-state index is 11.8. The summed E-state index contributed by atoms with van der Waals surface area (Å²) in [6.45, 7) is 3.70. The Balaban J connectivity index is 1.95. The van der Waals surface area contributed by atoms with Gasteiger partial charge in [-0.3, -0.25) is 4.79 Å². The lowest BCUT2D eigenvalue weighted by Gasteiger charge is -2.01. The molecule has 0 amide bonds. The average Bonchev–Trinajstić information content (AvgIpc) is 2.93. The van der Waals surface area contributed by atoms with Gasteiger partial charge in [0.15, 0.2) is 0 Å². The molecule has 1 aromatic heterocycles. The molecule has 0 aliphatic heterocycles. The number of ether oxygens (including phenoxy) is 1. The number of ketones is 1. The van der Waals surface area contributed by atoms with E-state index in [9.17, 15) is 4.79 Å². The van der Waals surface area contributed by atoms with Crippen molar-refractivity contribution in [1.82, 2.24) is 5.16 Å². The second-order valence-electron chi connectivity index (χ2n) is 5.05. The molecule has 4 heteroatoms. The molecule has 2 rings (SSSR count). The molecule has 0 bridgehead atoms. The van der Waals surface area contributed by atoms with Gasteiger partial charge in [0.25, 0.3) is 0 Å². The van der Waals surface area contributed by atoms with Crippen LogP contribution in [-0.4, -0.2) is 18.0 Å². The smallest absolute Gasteiger partial charge is 0.203 e. The first-order chi connectivity index (χ1) is 9.60. The number of aromatic nitrogens is 1. The van der Waals surface area contributed by atoms with Crippen LogP contribution in [0.2, 0.25) is 0 Å². The van der Waals surface area contributed by atoms with Gasteiger partial charge in [0.1, 0.15) is 5.75 Å². The average molecular weight is 273 g/mol. The summed E-state index contributed by atoms with van der Waals surface area (Å²) in [5.41, 5.74) is 2.01. The van der Waals surface area contributed by atoms with E-state index in [1.165, 1.54) is 5.56 Å². The van der Waals surface area contributed by atoms with E-state index >= 15 is 0 Å². The first-order valence-electron chi connectivity index (χ1n) is 6.73. The van der Waals surface area contributed by atoms with E-state index in [-0.39, 0.29) is 11.7 Å². The topological polar surface area (TPSA) is 52.3 Å². The molecule has 0 saturated heterocycles. The Kier molecular flexibility index (Phi) is 4.56. The molecule has 106 valence electrons. The number of carbonyl (C=O) groups is 1. The second-order valence-corrected chi connectivity index (χ2v) is 5.05. The minimum atomic E-state index is -0.0719. The van der Waals surface area contributed by atoms with Gasteiger partial charge in [-0.15, -0.1) is 0 Å².